The number of pyridine rings is 1. The molecule has 1 aromatic carbocycles. The first-order chi connectivity index (χ1) is 11.1. The number of carbonyl (C=O) groups is 1. The number of rotatable bonds is 5. The summed E-state index contributed by atoms with van der Waals surface area (Å²) in [5, 5.41) is 10.1. The van der Waals surface area contributed by atoms with Gasteiger partial charge in [-0.15, -0.1) is 0 Å². The second-order valence-electron chi connectivity index (χ2n) is 5.15. The van der Waals surface area contributed by atoms with Crippen LogP contribution < -0.4 is 9.64 Å². The number of ether oxygens (including phenoxy) is 1. The van der Waals surface area contributed by atoms with Crippen LogP contribution in [0, 0.1) is 0 Å². The van der Waals surface area contributed by atoms with Gasteiger partial charge in [-0.25, -0.2) is 9.78 Å². The zero-order chi connectivity index (χ0) is 16.2. The fraction of sp³-hybridized carbons (Fsp3) is 0.176. The van der Waals surface area contributed by atoms with Crippen molar-refractivity contribution in [1.29, 1.82) is 0 Å². The molecule has 0 radical (unpaired) electrons. The molecular formula is C17H17N3O3. The average molecular weight is 311 g/mol. The number of anilines is 1. The van der Waals surface area contributed by atoms with Crippen LogP contribution in [0.3, 0.4) is 0 Å². The Morgan fingerprint density at radius 2 is 2.17 bits per heavy atom. The number of hydrogen-bond donors (Lipinski definition) is 2. The Kier molecular flexibility index (Phi) is 4.14. The van der Waals surface area contributed by atoms with Crippen LogP contribution in [-0.4, -0.2) is 34.8 Å². The van der Waals surface area contributed by atoms with Gasteiger partial charge in [0.25, 0.3) is 0 Å². The number of H-pyrrole nitrogens is 1. The van der Waals surface area contributed by atoms with Gasteiger partial charge < -0.3 is 14.8 Å². The van der Waals surface area contributed by atoms with Crippen molar-refractivity contribution in [2.24, 2.45) is 0 Å². The van der Waals surface area contributed by atoms with Crippen LogP contribution in [0.5, 0.6) is 5.75 Å². The Morgan fingerprint density at radius 1 is 1.30 bits per heavy atom. The third kappa shape index (κ3) is 3.42. The van der Waals surface area contributed by atoms with Crippen LogP contribution in [0.4, 0.5) is 10.6 Å². The number of fused-ring (bicyclic) bond motifs is 1. The van der Waals surface area contributed by atoms with Gasteiger partial charge in [0.1, 0.15) is 11.6 Å². The summed E-state index contributed by atoms with van der Waals surface area (Å²) in [6.07, 6.45) is 1.46. The fourth-order valence-electron chi connectivity index (χ4n) is 2.29. The molecule has 0 saturated heterocycles. The highest BCUT2D eigenvalue weighted by Crippen LogP contribution is 2.20. The van der Waals surface area contributed by atoms with Crippen molar-refractivity contribution in [2.75, 3.05) is 18.6 Å². The molecule has 0 atom stereocenters. The second-order valence-corrected chi connectivity index (χ2v) is 5.15. The molecule has 2 heterocycles. The number of nitrogens with zero attached hydrogens (tertiary/aromatic N) is 2. The molecule has 6 nitrogen and oxygen atoms in total. The van der Waals surface area contributed by atoms with Gasteiger partial charge >= 0.3 is 6.09 Å². The maximum Gasteiger partial charge on any atom is 0.412 e. The lowest BCUT2D eigenvalue weighted by Gasteiger charge is -2.13. The number of aromatic amines is 1. The van der Waals surface area contributed by atoms with E-state index in [-0.39, 0.29) is 0 Å². The van der Waals surface area contributed by atoms with Crippen LogP contribution in [0.1, 0.15) is 5.69 Å². The normalized spacial score (nSPS) is 10.7. The van der Waals surface area contributed by atoms with E-state index < -0.39 is 6.09 Å². The van der Waals surface area contributed by atoms with E-state index in [1.165, 1.54) is 7.05 Å². The third-order valence-electron chi connectivity index (χ3n) is 3.57. The summed E-state index contributed by atoms with van der Waals surface area (Å²) >= 11 is 0. The summed E-state index contributed by atoms with van der Waals surface area (Å²) in [5.41, 5.74) is 1.86. The van der Waals surface area contributed by atoms with Gasteiger partial charge in [0, 0.05) is 36.3 Å². The van der Waals surface area contributed by atoms with Gasteiger partial charge in [-0.3, -0.25) is 4.90 Å². The molecule has 6 heteroatoms. The molecular weight excluding hydrogens is 294 g/mol. The molecule has 0 aliphatic heterocycles. The molecule has 0 spiro atoms. The van der Waals surface area contributed by atoms with Gasteiger partial charge in [0.15, 0.2) is 0 Å². The summed E-state index contributed by atoms with van der Waals surface area (Å²) in [6.45, 7) is 0.475. The van der Waals surface area contributed by atoms with Crippen LogP contribution in [-0.2, 0) is 6.42 Å². The average Bonchev–Trinajstić information content (AvgIpc) is 3.02. The zero-order valence-electron chi connectivity index (χ0n) is 12.7. The molecule has 0 aliphatic rings. The predicted octanol–water partition coefficient (Wildman–Crippen LogP) is 3.30. The summed E-state index contributed by atoms with van der Waals surface area (Å²) in [6, 6.07) is 13.2. The monoisotopic (exact) mass is 311 g/mol. The quantitative estimate of drug-likeness (QED) is 0.758. The van der Waals surface area contributed by atoms with Crippen molar-refractivity contribution in [3.63, 3.8) is 0 Å². The van der Waals surface area contributed by atoms with Crippen molar-refractivity contribution in [1.82, 2.24) is 9.97 Å². The van der Waals surface area contributed by atoms with Gasteiger partial charge in [-0.2, -0.15) is 0 Å². The Hall–Kier alpha value is -3.02. The van der Waals surface area contributed by atoms with E-state index in [0.717, 1.165) is 27.2 Å². The highest BCUT2D eigenvalue weighted by Gasteiger charge is 2.10. The first-order valence-corrected chi connectivity index (χ1v) is 7.26. The molecule has 2 N–H and O–H groups in total. The number of benzene rings is 1. The summed E-state index contributed by atoms with van der Waals surface area (Å²) in [7, 11) is 1.47. The maximum atomic E-state index is 11.0. The van der Waals surface area contributed by atoms with E-state index in [2.05, 4.69) is 9.97 Å². The second kappa shape index (κ2) is 6.39. The van der Waals surface area contributed by atoms with E-state index in [4.69, 9.17) is 9.84 Å². The molecule has 1 amide bonds. The van der Waals surface area contributed by atoms with Crippen LogP contribution >= 0.6 is 0 Å². The van der Waals surface area contributed by atoms with Crippen molar-refractivity contribution in [3.8, 4) is 5.75 Å². The minimum Gasteiger partial charge on any atom is -0.493 e. The largest absolute Gasteiger partial charge is 0.493 e. The first-order valence-electron chi connectivity index (χ1n) is 7.26. The lowest BCUT2D eigenvalue weighted by Crippen LogP contribution is -2.25. The number of aromatic nitrogens is 2. The number of amides is 1. The fourth-order valence-corrected chi connectivity index (χ4v) is 2.29. The maximum absolute atomic E-state index is 11.0. The van der Waals surface area contributed by atoms with E-state index in [9.17, 15) is 4.79 Å². The molecule has 118 valence electrons. The molecule has 0 bridgehead atoms. The van der Waals surface area contributed by atoms with Gasteiger partial charge in [-0.1, -0.05) is 6.07 Å². The zero-order valence-corrected chi connectivity index (χ0v) is 12.7. The van der Waals surface area contributed by atoms with Crippen molar-refractivity contribution in [2.45, 2.75) is 6.42 Å². The predicted molar refractivity (Wildman–Crippen MR) is 88.2 cm³/mol. The van der Waals surface area contributed by atoms with Crippen molar-refractivity contribution in [3.05, 3.63) is 54.4 Å². The van der Waals surface area contributed by atoms with Gasteiger partial charge in [0.05, 0.1) is 6.61 Å². The van der Waals surface area contributed by atoms with Crippen LogP contribution in [0.2, 0.25) is 0 Å². The summed E-state index contributed by atoms with van der Waals surface area (Å²) in [5.74, 6) is 1.21. The molecule has 3 rings (SSSR count). The van der Waals surface area contributed by atoms with E-state index >= 15 is 0 Å². The molecule has 0 saturated carbocycles. The van der Waals surface area contributed by atoms with E-state index in [1.807, 2.05) is 36.5 Å². The van der Waals surface area contributed by atoms with Crippen molar-refractivity contribution >= 4 is 22.8 Å². The van der Waals surface area contributed by atoms with Crippen LogP contribution in [0.15, 0.2) is 48.7 Å². The highest BCUT2D eigenvalue weighted by molar-refractivity contribution is 5.83. The number of nitrogens with one attached hydrogen (secondary N) is 1. The summed E-state index contributed by atoms with van der Waals surface area (Å²) in [4.78, 5) is 19.5. The Morgan fingerprint density at radius 3 is 3.00 bits per heavy atom. The van der Waals surface area contributed by atoms with Crippen molar-refractivity contribution < 1.29 is 14.6 Å². The number of carboxylic acid groups (broad SMARTS) is 1. The Balaban J connectivity index is 1.62. The summed E-state index contributed by atoms with van der Waals surface area (Å²) < 4.78 is 5.75. The highest BCUT2D eigenvalue weighted by atomic mass is 16.5. The van der Waals surface area contributed by atoms with E-state index in [0.29, 0.717) is 18.8 Å². The Labute approximate surface area is 133 Å². The molecule has 0 fully saturated rings. The molecule has 23 heavy (non-hydrogen) atoms. The van der Waals surface area contributed by atoms with Gasteiger partial charge in [0.2, 0.25) is 0 Å². The lowest BCUT2D eigenvalue weighted by molar-refractivity contribution is 0.203. The standard InChI is InChI=1S/C17H17N3O3/c1-20(17(21)22)16-4-2-3-13(19-16)8-10-23-14-5-6-15-12(11-14)7-9-18-15/h2-7,9,11,18H,8,10H2,1H3,(H,21,22). The minimum atomic E-state index is -1.04. The minimum absolute atomic E-state index is 0.406. The molecule has 3 aromatic rings. The van der Waals surface area contributed by atoms with Gasteiger partial charge in [-0.05, 0) is 36.4 Å². The molecule has 2 aromatic heterocycles. The topological polar surface area (TPSA) is 78.5 Å². The third-order valence-corrected chi connectivity index (χ3v) is 3.57. The number of hydrogen-bond acceptors (Lipinski definition) is 3. The smallest absolute Gasteiger partial charge is 0.412 e. The SMILES string of the molecule is CN(C(=O)O)c1cccc(CCOc2ccc3[nH]ccc3c2)n1. The van der Waals surface area contributed by atoms with Crippen LogP contribution in [0.25, 0.3) is 10.9 Å². The first kappa shape index (κ1) is 14.9. The molecule has 0 aliphatic carbocycles. The molecule has 0 unspecified atom stereocenters. The van der Waals surface area contributed by atoms with E-state index in [1.54, 1.807) is 12.1 Å². The Bertz CT molecular complexity index is 829. The lowest BCUT2D eigenvalue weighted by atomic mass is 10.2.